The molecule has 0 amide bonds. The summed E-state index contributed by atoms with van der Waals surface area (Å²) >= 11 is 0. The molecule has 1 aromatic carbocycles. The van der Waals surface area contributed by atoms with E-state index in [2.05, 4.69) is 33.9 Å². The van der Waals surface area contributed by atoms with E-state index in [9.17, 15) is 8.42 Å². The van der Waals surface area contributed by atoms with Crippen molar-refractivity contribution in [2.75, 3.05) is 6.61 Å². The second kappa shape index (κ2) is 8.33. The van der Waals surface area contributed by atoms with Crippen LogP contribution in [0.15, 0.2) is 29.2 Å². The average Bonchev–Trinajstić information content (AvgIpc) is 2.51. The summed E-state index contributed by atoms with van der Waals surface area (Å²) in [7, 11) is -5.67. The number of ether oxygens (including phenoxy) is 1. The molecule has 0 saturated carbocycles. The van der Waals surface area contributed by atoms with Crippen LogP contribution in [0.1, 0.15) is 46.1 Å². The molecule has 0 aromatic heterocycles. The summed E-state index contributed by atoms with van der Waals surface area (Å²) in [5.41, 5.74) is 1.00. The molecule has 154 valence electrons. The van der Waals surface area contributed by atoms with Crippen molar-refractivity contribution in [3.63, 3.8) is 0 Å². The van der Waals surface area contributed by atoms with Gasteiger partial charge in [0, 0.05) is 6.42 Å². The monoisotopic (exact) mass is 414 g/mol. The van der Waals surface area contributed by atoms with Gasteiger partial charge in [-0.3, -0.25) is 4.18 Å². The van der Waals surface area contributed by atoms with E-state index in [0.717, 1.165) is 12.0 Å². The maximum atomic E-state index is 12.4. The second-order valence-corrected chi connectivity index (χ2v) is 15.5. The van der Waals surface area contributed by atoms with E-state index in [1.807, 2.05) is 13.8 Å². The highest BCUT2D eigenvalue weighted by Crippen LogP contribution is 2.39. The Morgan fingerprint density at radius 3 is 2.30 bits per heavy atom. The largest absolute Gasteiger partial charge is 0.414 e. The predicted molar refractivity (Wildman–Crippen MR) is 110 cm³/mol. The van der Waals surface area contributed by atoms with Gasteiger partial charge in [0.1, 0.15) is 0 Å². The lowest BCUT2D eigenvalue weighted by molar-refractivity contribution is -0.0965. The lowest BCUT2D eigenvalue weighted by Gasteiger charge is -2.42. The lowest BCUT2D eigenvalue weighted by Crippen LogP contribution is -2.48. The topological polar surface area (TPSA) is 61.8 Å². The molecule has 1 fully saturated rings. The minimum Gasteiger partial charge on any atom is -0.414 e. The molecule has 0 radical (unpaired) electrons. The normalized spacial score (nSPS) is 24.8. The highest BCUT2D eigenvalue weighted by molar-refractivity contribution is 7.86. The smallest absolute Gasteiger partial charge is 0.297 e. The van der Waals surface area contributed by atoms with Gasteiger partial charge < -0.3 is 9.16 Å². The fourth-order valence-electron chi connectivity index (χ4n) is 2.93. The molecular weight excluding hydrogens is 380 g/mol. The molecular formula is C20H34O5SSi. The molecule has 0 bridgehead atoms. The first kappa shape index (κ1) is 22.6. The second-order valence-electron chi connectivity index (χ2n) is 9.09. The number of benzene rings is 1. The van der Waals surface area contributed by atoms with Crippen LogP contribution in [0, 0.1) is 6.92 Å². The first-order chi connectivity index (χ1) is 12.3. The molecule has 2 rings (SSSR count). The fraction of sp³-hybridized carbons (Fsp3) is 0.700. The molecule has 7 heteroatoms. The van der Waals surface area contributed by atoms with Gasteiger partial charge in [-0.05, 0) is 50.5 Å². The van der Waals surface area contributed by atoms with E-state index in [0.29, 0.717) is 6.42 Å². The molecule has 1 saturated heterocycles. The number of hydrogen-bond acceptors (Lipinski definition) is 5. The van der Waals surface area contributed by atoms with E-state index in [4.69, 9.17) is 13.3 Å². The first-order valence-corrected chi connectivity index (χ1v) is 13.9. The molecule has 3 atom stereocenters. The molecule has 1 aliphatic rings. The zero-order valence-corrected chi connectivity index (χ0v) is 19.4. The van der Waals surface area contributed by atoms with Crippen LogP contribution in [0.5, 0.6) is 0 Å². The van der Waals surface area contributed by atoms with E-state index < -0.39 is 18.4 Å². The van der Waals surface area contributed by atoms with Crippen LogP contribution in [0.25, 0.3) is 0 Å². The van der Waals surface area contributed by atoms with Gasteiger partial charge in [-0.15, -0.1) is 0 Å². The maximum Gasteiger partial charge on any atom is 0.297 e. The van der Waals surface area contributed by atoms with Gasteiger partial charge in [0.05, 0.1) is 29.8 Å². The van der Waals surface area contributed by atoms with Gasteiger partial charge in [-0.2, -0.15) is 8.42 Å². The number of aryl methyl sites for hydroxylation is 1. The molecule has 5 nitrogen and oxygen atoms in total. The van der Waals surface area contributed by atoms with Gasteiger partial charge in [0.25, 0.3) is 10.1 Å². The van der Waals surface area contributed by atoms with Crippen molar-refractivity contribution >= 4 is 18.4 Å². The van der Waals surface area contributed by atoms with E-state index in [1.54, 1.807) is 24.3 Å². The minimum absolute atomic E-state index is 0.0118. The molecule has 0 aliphatic carbocycles. The van der Waals surface area contributed by atoms with Crippen molar-refractivity contribution < 1.29 is 21.8 Å². The lowest BCUT2D eigenvalue weighted by atomic mass is 10.0. The summed E-state index contributed by atoms with van der Waals surface area (Å²) in [4.78, 5) is 0.172. The highest BCUT2D eigenvalue weighted by Gasteiger charge is 2.41. The SMILES string of the molecule is Cc1ccc(S(=O)(=O)OC[C@@H]2C[C@H](O[Si](C)(C)C(C)(C)C)C[C@H](C)O2)cc1. The zero-order chi connectivity index (χ0) is 20.5. The molecule has 1 aromatic rings. The number of hydrogen-bond donors (Lipinski definition) is 0. The zero-order valence-electron chi connectivity index (χ0n) is 17.6. The summed E-state index contributed by atoms with van der Waals surface area (Å²) < 4.78 is 42.5. The Hall–Kier alpha value is -0.733. The summed E-state index contributed by atoms with van der Waals surface area (Å²) in [5.74, 6) is 0. The van der Waals surface area contributed by atoms with Crippen LogP contribution in [-0.4, -0.2) is 41.7 Å². The third-order valence-corrected chi connectivity index (χ3v) is 11.4. The first-order valence-electron chi connectivity index (χ1n) is 9.59. The Morgan fingerprint density at radius 1 is 1.15 bits per heavy atom. The third kappa shape index (κ3) is 6.12. The summed E-state index contributed by atoms with van der Waals surface area (Å²) in [5, 5.41) is 0.134. The summed E-state index contributed by atoms with van der Waals surface area (Å²) in [6, 6.07) is 6.66. The highest BCUT2D eigenvalue weighted by atomic mass is 32.2. The maximum absolute atomic E-state index is 12.4. The Labute approximate surface area is 165 Å². The molecule has 0 N–H and O–H groups in total. The van der Waals surface area contributed by atoms with Crippen LogP contribution in [0.4, 0.5) is 0 Å². The predicted octanol–water partition coefficient (Wildman–Crippen LogP) is 4.66. The van der Waals surface area contributed by atoms with Gasteiger partial charge >= 0.3 is 0 Å². The van der Waals surface area contributed by atoms with E-state index >= 15 is 0 Å². The van der Waals surface area contributed by atoms with Crippen molar-refractivity contribution in [1.29, 1.82) is 0 Å². The Kier molecular flexibility index (Phi) is 6.96. The van der Waals surface area contributed by atoms with Crippen LogP contribution < -0.4 is 0 Å². The molecule has 1 aliphatic heterocycles. The van der Waals surface area contributed by atoms with Gasteiger partial charge in [0.2, 0.25) is 0 Å². The van der Waals surface area contributed by atoms with Gasteiger partial charge in [-0.25, -0.2) is 0 Å². The number of rotatable bonds is 6. The van der Waals surface area contributed by atoms with Gasteiger partial charge in [0.15, 0.2) is 8.32 Å². The molecule has 0 unspecified atom stereocenters. The summed E-state index contributed by atoms with van der Waals surface area (Å²) in [6.07, 6.45) is 1.28. The van der Waals surface area contributed by atoms with Crippen molar-refractivity contribution in [3.8, 4) is 0 Å². The fourth-order valence-corrected chi connectivity index (χ4v) is 5.25. The van der Waals surface area contributed by atoms with Crippen LogP contribution in [0.2, 0.25) is 18.1 Å². The molecule has 0 spiro atoms. The minimum atomic E-state index is -3.78. The van der Waals surface area contributed by atoms with Crippen molar-refractivity contribution in [1.82, 2.24) is 0 Å². The van der Waals surface area contributed by atoms with Crippen LogP contribution in [0.3, 0.4) is 0 Å². The van der Waals surface area contributed by atoms with E-state index in [-0.39, 0.29) is 34.9 Å². The van der Waals surface area contributed by atoms with Crippen LogP contribution in [-0.2, 0) is 23.5 Å². The summed E-state index contributed by atoms with van der Waals surface area (Å²) in [6.45, 7) is 15.1. The van der Waals surface area contributed by atoms with Crippen LogP contribution >= 0.6 is 0 Å². The third-order valence-electron chi connectivity index (χ3n) is 5.53. The average molecular weight is 415 g/mol. The van der Waals surface area contributed by atoms with Crippen molar-refractivity contribution in [2.45, 2.75) is 88.8 Å². The van der Waals surface area contributed by atoms with Gasteiger partial charge in [-0.1, -0.05) is 38.5 Å². The Bertz CT molecular complexity index is 722. The standard InChI is InChI=1S/C20H34O5SSi/c1-15-8-10-19(11-9-15)26(21,22)23-14-18-13-17(12-16(2)24-18)25-27(6,7)20(3,4)5/h8-11,16-18H,12-14H2,1-7H3/t16-,17+,18-/m0/s1. The molecule has 27 heavy (non-hydrogen) atoms. The Balaban J connectivity index is 1.99. The van der Waals surface area contributed by atoms with Crippen molar-refractivity contribution in [3.05, 3.63) is 29.8 Å². The molecule has 1 heterocycles. The Morgan fingerprint density at radius 2 is 1.74 bits per heavy atom. The van der Waals surface area contributed by atoms with E-state index in [1.165, 1.54) is 0 Å². The quantitative estimate of drug-likeness (QED) is 0.500. The van der Waals surface area contributed by atoms with Crippen molar-refractivity contribution in [2.24, 2.45) is 0 Å².